The molecular weight excluding hydrogens is 319 g/mol. The molecule has 1 aromatic rings. The van der Waals surface area contributed by atoms with Crippen LogP contribution < -0.4 is 4.90 Å². The number of benzene rings is 1. The van der Waals surface area contributed by atoms with Gasteiger partial charge in [-0.15, -0.1) is 0 Å². The number of alkyl halides is 3. The van der Waals surface area contributed by atoms with Crippen molar-refractivity contribution in [3.05, 3.63) is 28.8 Å². The summed E-state index contributed by atoms with van der Waals surface area (Å²) in [5.74, 6) is -0.737. The van der Waals surface area contributed by atoms with E-state index in [0.717, 1.165) is 31.7 Å². The van der Waals surface area contributed by atoms with Gasteiger partial charge in [-0.05, 0) is 44.4 Å². The highest BCUT2D eigenvalue weighted by Gasteiger charge is 2.34. The zero-order chi connectivity index (χ0) is 17.9. The van der Waals surface area contributed by atoms with Gasteiger partial charge in [0.2, 0.25) is 0 Å². The lowest BCUT2D eigenvalue weighted by Gasteiger charge is -2.37. The summed E-state index contributed by atoms with van der Waals surface area (Å²) in [5, 5.41) is 0. The normalized spacial score (nSPS) is 16.1. The standard InChI is InChI=1S/C18H24F3NO2/c1-4-22(14-8-6-5-7-9-14)16-11-13(18(19,20)21)10-15(12(16)2)17(23)24-3/h10-11,14H,4-9H2,1-3H3. The molecule has 134 valence electrons. The van der Waals surface area contributed by atoms with Crippen molar-refractivity contribution in [2.45, 2.75) is 58.2 Å². The van der Waals surface area contributed by atoms with Crippen LogP contribution in [0, 0.1) is 6.92 Å². The van der Waals surface area contributed by atoms with Crippen molar-refractivity contribution in [2.24, 2.45) is 0 Å². The summed E-state index contributed by atoms with van der Waals surface area (Å²) in [4.78, 5) is 14.0. The van der Waals surface area contributed by atoms with Gasteiger partial charge in [-0.1, -0.05) is 19.3 Å². The Bertz CT molecular complexity index is 593. The van der Waals surface area contributed by atoms with Gasteiger partial charge >= 0.3 is 12.1 Å². The lowest BCUT2D eigenvalue weighted by Crippen LogP contribution is -2.37. The average molecular weight is 343 g/mol. The van der Waals surface area contributed by atoms with Crippen LogP contribution in [-0.4, -0.2) is 25.7 Å². The van der Waals surface area contributed by atoms with Gasteiger partial charge in [0.1, 0.15) is 0 Å². The number of carbonyl (C=O) groups is 1. The molecule has 0 spiro atoms. The monoisotopic (exact) mass is 343 g/mol. The number of carbonyl (C=O) groups excluding carboxylic acids is 1. The first-order valence-corrected chi connectivity index (χ1v) is 8.36. The number of halogens is 3. The number of esters is 1. The molecule has 0 heterocycles. The highest BCUT2D eigenvalue weighted by Crippen LogP contribution is 2.37. The van der Waals surface area contributed by atoms with E-state index < -0.39 is 17.7 Å². The Morgan fingerprint density at radius 2 is 1.88 bits per heavy atom. The molecule has 2 rings (SSSR count). The molecule has 1 aliphatic rings. The first kappa shape index (κ1) is 18.6. The molecule has 1 fully saturated rings. The minimum atomic E-state index is -4.50. The summed E-state index contributed by atoms with van der Waals surface area (Å²) in [5.41, 5.74) is 0.205. The summed E-state index contributed by atoms with van der Waals surface area (Å²) < 4.78 is 44.5. The van der Waals surface area contributed by atoms with E-state index in [-0.39, 0.29) is 11.6 Å². The molecule has 1 saturated carbocycles. The van der Waals surface area contributed by atoms with E-state index >= 15 is 0 Å². The molecule has 0 radical (unpaired) electrons. The van der Waals surface area contributed by atoms with Gasteiger partial charge in [0, 0.05) is 18.3 Å². The van der Waals surface area contributed by atoms with E-state index in [1.807, 2.05) is 11.8 Å². The lowest BCUT2D eigenvalue weighted by molar-refractivity contribution is -0.137. The number of ether oxygens (including phenoxy) is 1. The summed E-state index contributed by atoms with van der Waals surface area (Å²) >= 11 is 0. The molecule has 0 atom stereocenters. The summed E-state index contributed by atoms with van der Waals surface area (Å²) in [6.07, 6.45) is 0.778. The van der Waals surface area contributed by atoms with Crippen LogP contribution in [0.3, 0.4) is 0 Å². The second kappa shape index (κ2) is 7.45. The molecule has 1 aliphatic carbocycles. The van der Waals surface area contributed by atoms with Crippen LogP contribution in [-0.2, 0) is 10.9 Å². The zero-order valence-corrected chi connectivity index (χ0v) is 14.4. The van der Waals surface area contributed by atoms with Gasteiger partial charge in [-0.2, -0.15) is 13.2 Å². The van der Waals surface area contributed by atoms with E-state index in [9.17, 15) is 18.0 Å². The SMILES string of the molecule is CCN(c1cc(C(F)(F)F)cc(C(=O)OC)c1C)C1CCCCC1. The Morgan fingerprint density at radius 3 is 2.38 bits per heavy atom. The predicted molar refractivity (Wildman–Crippen MR) is 87.4 cm³/mol. The second-order valence-corrected chi connectivity index (χ2v) is 6.24. The Morgan fingerprint density at radius 1 is 1.25 bits per heavy atom. The van der Waals surface area contributed by atoms with E-state index in [4.69, 9.17) is 0 Å². The van der Waals surface area contributed by atoms with Crippen molar-refractivity contribution in [3.8, 4) is 0 Å². The Hall–Kier alpha value is -1.72. The van der Waals surface area contributed by atoms with Gasteiger partial charge in [-0.25, -0.2) is 4.79 Å². The second-order valence-electron chi connectivity index (χ2n) is 6.24. The minimum absolute atomic E-state index is 0.0171. The third kappa shape index (κ3) is 3.84. The largest absolute Gasteiger partial charge is 0.465 e. The number of hydrogen-bond acceptors (Lipinski definition) is 3. The topological polar surface area (TPSA) is 29.5 Å². The summed E-state index contributed by atoms with van der Waals surface area (Å²) in [6, 6.07) is 2.27. The fourth-order valence-electron chi connectivity index (χ4n) is 3.50. The van der Waals surface area contributed by atoms with E-state index in [2.05, 4.69) is 4.74 Å². The molecule has 0 unspecified atom stereocenters. The average Bonchev–Trinajstić information content (AvgIpc) is 2.56. The maximum atomic E-state index is 13.3. The van der Waals surface area contributed by atoms with E-state index in [1.54, 1.807) is 6.92 Å². The predicted octanol–water partition coefficient (Wildman–Crippen LogP) is 4.96. The van der Waals surface area contributed by atoms with Gasteiger partial charge < -0.3 is 9.64 Å². The van der Waals surface area contributed by atoms with Crippen molar-refractivity contribution < 1.29 is 22.7 Å². The maximum Gasteiger partial charge on any atom is 0.416 e. The third-order valence-corrected chi connectivity index (χ3v) is 4.78. The smallest absolute Gasteiger partial charge is 0.416 e. The molecular formula is C18H24F3NO2. The number of anilines is 1. The number of nitrogens with zero attached hydrogens (tertiary/aromatic N) is 1. The number of hydrogen-bond donors (Lipinski definition) is 0. The Balaban J connectivity index is 2.55. The molecule has 0 bridgehead atoms. The summed E-state index contributed by atoms with van der Waals surface area (Å²) in [6.45, 7) is 4.23. The van der Waals surface area contributed by atoms with Crippen LogP contribution in [0.25, 0.3) is 0 Å². The molecule has 0 N–H and O–H groups in total. The van der Waals surface area contributed by atoms with Crippen LogP contribution in [0.1, 0.15) is 60.5 Å². The van der Waals surface area contributed by atoms with Crippen LogP contribution in [0.5, 0.6) is 0 Å². The maximum absolute atomic E-state index is 13.3. The highest BCUT2D eigenvalue weighted by atomic mass is 19.4. The molecule has 1 aromatic carbocycles. The van der Waals surface area contributed by atoms with Gasteiger partial charge in [0.05, 0.1) is 18.2 Å². The Labute approximate surface area is 140 Å². The van der Waals surface area contributed by atoms with Gasteiger partial charge in [0.15, 0.2) is 0 Å². The van der Waals surface area contributed by atoms with Crippen LogP contribution in [0.2, 0.25) is 0 Å². The first-order chi connectivity index (χ1) is 11.3. The van der Waals surface area contributed by atoms with Crippen molar-refractivity contribution in [3.63, 3.8) is 0 Å². The third-order valence-electron chi connectivity index (χ3n) is 4.78. The van der Waals surface area contributed by atoms with Crippen molar-refractivity contribution >= 4 is 11.7 Å². The minimum Gasteiger partial charge on any atom is -0.465 e. The van der Waals surface area contributed by atoms with Crippen LogP contribution in [0.15, 0.2) is 12.1 Å². The number of methoxy groups -OCH3 is 1. The highest BCUT2D eigenvalue weighted by molar-refractivity contribution is 5.93. The fourth-order valence-corrected chi connectivity index (χ4v) is 3.50. The quantitative estimate of drug-likeness (QED) is 0.724. The van der Waals surface area contributed by atoms with E-state index in [0.29, 0.717) is 17.8 Å². The molecule has 0 amide bonds. The summed E-state index contributed by atoms with van der Waals surface area (Å²) in [7, 11) is 1.18. The Kier molecular flexibility index (Phi) is 5.78. The molecule has 6 heteroatoms. The molecule has 3 nitrogen and oxygen atoms in total. The van der Waals surface area contributed by atoms with Gasteiger partial charge in [0.25, 0.3) is 0 Å². The van der Waals surface area contributed by atoms with Crippen molar-refractivity contribution in [1.29, 1.82) is 0 Å². The zero-order valence-electron chi connectivity index (χ0n) is 14.4. The first-order valence-electron chi connectivity index (χ1n) is 8.36. The lowest BCUT2D eigenvalue weighted by atomic mass is 9.92. The van der Waals surface area contributed by atoms with Crippen molar-refractivity contribution in [2.75, 3.05) is 18.6 Å². The van der Waals surface area contributed by atoms with Gasteiger partial charge in [-0.3, -0.25) is 0 Å². The molecule has 0 saturated heterocycles. The fraction of sp³-hybridized carbons (Fsp3) is 0.611. The van der Waals surface area contributed by atoms with Crippen LogP contribution >= 0.6 is 0 Å². The van der Waals surface area contributed by atoms with Crippen LogP contribution in [0.4, 0.5) is 18.9 Å². The molecule has 0 aliphatic heterocycles. The molecule has 24 heavy (non-hydrogen) atoms. The molecule has 0 aromatic heterocycles. The van der Waals surface area contributed by atoms with E-state index in [1.165, 1.54) is 19.6 Å². The van der Waals surface area contributed by atoms with Crippen molar-refractivity contribution in [1.82, 2.24) is 0 Å². The number of rotatable bonds is 4.